The monoisotopic (exact) mass is 258 g/mol. The van der Waals surface area contributed by atoms with Gasteiger partial charge in [0.2, 0.25) is 5.09 Å². The second-order valence-electron chi connectivity index (χ2n) is 4.19. The summed E-state index contributed by atoms with van der Waals surface area (Å²) in [7, 11) is -1.66. The quantitative estimate of drug-likeness (QED) is 0.832. The first-order valence-corrected chi connectivity index (χ1v) is 7.28. The highest BCUT2D eigenvalue weighted by atomic mass is 32.2. The van der Waals surface area contributed by atoms with Gasteiger partial charge >= 0.3 is 0 Å². The topological polar surface area (TPSA) is 62.6 Å². The van der Waals surface area contributed by atoms with Crippen LogP contribution in [-0.4, -0.2) is 32.4 Å². The molecule has 0 unspecified atom stereocenters. The third kappa shape index (κ3) is 2.53. The Balaban J connectivity index is 2.23. The van der Waals surface area contributed by atoms with E-state index in [0.29, 0.717) is 18.8 Å². The van der Waals surface area contributed by atoms with Crippen molar-refractivity contribution < 1.29 is 12.8 Å². The van der Waals surface area contributed by atoms with Gasteiger partial charge in [0.25, 0.3) is 10.0 Å². The molecular weight excluding hydrogens is 240 g/mol. The second kappa shape index (κ2) is 4.80. The lowest BCUT2D eigenvalue weighted by atomic mass is 10.4. The summed E-state index contributed by atoms with van der Waals surface area (Å²) in [6.07, 6.45) is 1.91. The van der Waals surface area contributed by atoms with E-state index in [1.165, 1.54) is 10.4 Å². The van der Waals surface area contributed by atoms with Crippen LogP contribution in [-0.2, 0) is 16.6 Å². The van der Waals surface area contributed by atoms with Crippen molar-refractivity contribution in [1.82, 2.24) is 9.62 Å². The highest BCUT2D eigenvalue weighted by molar-refractivity contribution is 7.89. The lowest BCUT2D eigenvalue weighted by Gasteiger charge is -2.17. The van der Waals surface area contributed by atoms with Gasteiger partial charge in [0.05, 0.1) is 6.54 Å². The van der Waals surface area contributed by atoms with E-state index in [1.807, 2.05) is 6.92 Å². The molecule has 1 aliphatic rings. The van der Waals surface area contributed by atoms with E-state index in [9.17, 15) is 8.42 Å². The average Bonchev–Trinajstić information content (AvgIpc) is 2.97. The molecule has 0 spiro atoms. The number of sulfonamides is 1. The Morgan fingerprint density at radius 1 is 1.47 bits per heavy atom. The van der Waals surface area contributed by atoms with Gasteiger partial charge < -0.3 is 9.73 Å². The first-order chi connectivity index (χ1) is 8.09. The van der Waals surface area contributed by atoms with E-state index >= 15 is 0 Å². The highest BCUT2D eigenvalue weighted by Crippen LogP contribution is 2.32. The summed E-state index contributed by atoms with van der Waals surface area (Å²) in [5.74, 6) is 0.637. The van der Waals surface area contributed by atoms with E-state index < -0.39 is 10.0 Å². The maximum atomic E-state index is 12.3. The maximum absolute atomic E-state index is 12.3. The SMILES string of the molecule is CCN(C1CC1)S(=O)(=O)c1ccc(CNC)o1. The van der Waals surface area contributed by atoms with Crippen molar-refractivity contribution in [2.24, 2.45) is 0 Å². The van der Waals surface area contributed by atoms with Gasteiger partial charge in [0.1, 0.15) is 5.76 Å². The third-order valence-electron chi connectivity index (χ3n) is 2.82. The molecule has 0 aliphatic heterocycles. The Morgan fingerprint density at radius 2 is 2.18 bits per heavy atom. The lowest BCUT2D eigenvalue weighted by Crippen LogP contribution is -2.32. The summed E-state index contributed by atoms with van der Waals surface area (Å²) in [6, 6.07) is 3.40. The fourth-order valence-electron chi connectivity index (χ4n) is 1.87. The molecule has 0 radical (unpaired) electrons. The highest BCUT2D eigenvalue weighted by Gasteiger charge is 2.38. The zero-order chi connectivity index (χ0) is 12.5. The van der Waals surface area contributed by atoms with Crippen LogP contribution in [0, 0.1) is 0 Å². The van der Waals surface area contributed by atoms with Gasteiger partial charge in [-0.3, -0.25) is 0 Å². The molecular formula is C11H18N2O3S. The second-order valence-corrected chi connectivity index (χ2v) is 6.01. The van der Waals surface area contributed by atoms with Crippen molar-refractivity contribution in [2.75, 3.05) is 13.6 Å². The maximum Gasteiger partial charge on any atom is 0.276 e. The van der Waals surface area contributed by atoms with Crippen molar-refractivity contribution in [3.05, 3.63) is 17.9 Å². The molecule has 1 heterocycles. The van der Waals surface area contributed by atoms with Crippen molar-refractivity contribution >= 4 is 10.0 Å². The van der Waals surface area contributed by atoms with Crippen molar-refractivity contribution in [3.8, 4) is 0 Å². The molecule has 1 saturated carbocycles. The summed E-state index contributed by atoms with van der Waals surface area (Å²) in [4.78, 5) is 0. The molecule has 0 aromatic carbocycles. The van der Waals surface area contributed by atoms with Crippen LogP contribution < -0.4 is 5.32 Å². The van der Waals surface area contributed by atoms with E-state index in [1.54, 1.807) is 13.1 Å². The number of hydrogen-bond acceptors (Lipinski definition) is 4. The summed E-state index contributed by atoms with van der Waals surface area (Å²) in [5, 5.41) is 2.98. The Labute approximate surface area is 102 Å². The first-order valence-electron chi connectivity index (χ1n) is 5.84. The van der Waals surface area contributed by atoms with Crippen LogP contribution in [0.3, 0.4) is 0 Å². The molecule has 1 aliphatic carbocycles. The summed E-state index contributed by atoms with van der Waals surface area (Å²) < 4.78 is 31.4. The van der Waals surface area contributed by atoms with Crippen LogP contribution in [0.15, 0.2) is 21.6 Å². The van der Waals surface area contributed by atoms with Crippen molar-refractivity contribution in [1.29, 1.82) is 0 Å². The lowest BCUT2D eigenvalue weighted by molar-refractivity contribution is 0.367. The summed E-state index contributed by atoms with van der Waals surface area (Å²) >= 11 is 0. The van der Waals surface area contributed by atoms with E-state index in [0.717, 1.165) is 12.8 Å². The zero-order valence-corrected chi connectivity index (χ0v) is 11.0. The van der Waals surface area contributed by atoms with Gasteiger partial charge in [0.15, 0.2) is 0 Å². The molecule has 0 saturated heterocycles. The standard InChI is InChI=1S/C11H18N2O3S/c1-3-13(9-4-5-9)17(14,15)11-7-6-10(16-11)8-12-2/h6-7,9,12H,3-5,8H2,1-2H3. The minimum absolute atomic E-state index is 0.0523. The predicted molar refractivity (Wildman–Crippen MR) is 64.1 cm³/mol. The number of hydrogen-bond donors (Lipinski definition) is 1. The number of furan rings is 1. The fraction of sp³-hybridized carbons (Fsp3) is 0.636. The van der Waals surface area contributed by atoms with Crippen LogP contribution in [0.2, 0.25) is 0 Å². The average molecular weight is 258 g/mol. The van der Waals surface area contributed by atoms with Crippen LogP contribution >= 0.6 is 0 Å². The predicted octanol–water partition coefficient (Wildman–Crippen LogP) is 1.17. The van der Waals surface area contributed by atoms with E-state index in [2.05, 4.69) is 5.32 Å². The normalized spacial score (nSPS) is 16.6. The Kier molecular flexibility index (Phi) is 3.56. The molecule has 2 rings (SSSR count). The first kappa shape index (κ1) is 12.6. The summed E-state index contributed by atoms with van der Waals surface area (Å²) in [5.41, 5.74) is 0. The van der Waals surface area contributed by atoms with Crippen LogP contribution in [0.25, 0.3) is 0 Å². The molecule has 96 valence electrons. The fourth-order valence-corrected chi connectivity index (χ4v) is 3.50. The molecule has 0 atom stereocenters. The van der Waals surface area contributed by atoms with Crippen molar-refractivity contribution in [3.63, 3.8) is 0 Å². The molecule has 0 bridgehead atoms. The minimum atomic E-state index is -3.45. The van der Waals surface area contributed by atoms with Gasteiger partial charge in [-0.25, -0.2) is 8.42 Å². The van der Waals surface area contributed by atoms with Crippen LogP contribution in [0.5, 0.6) is 0 Å². The van der Waals surface area contributed by atoms with E-state index in [-0.39, 0.29) is 11.1 Å². The minimum Gasteiger partial charge on any atom is -0.447 e. The Bertz CT molecular complexity index is 477. The van der Waals surface area contributed by atoms with Crippen molar-refractivity contribution in [2.45, 2.75) is 37.4 Å². The number of rotatable bonds is 6. The van der Waals surface area contributed by atoms with E-state index in [4.69, 9.17) is 4.42 Å². The van der Waals surface area contributed by atoms with Gasteiger partial charge in [-0.15, -0.1) is 0 Å². The van der Waals surface area contributed by atoms with Gasteiger partial charge in [-0.05, 0) is 32.0 Å². The van der Waals surface area contributed by atoms with Crippen LogP contribution in [0.4, 0.5) is 0 Å². The summed E-state index contributed by atoms with van der Waals surface area (Å²) in [6.45, 7) is 2.88. The molecule has 1 aromatic rings. The zero-order valence-electron chi connectivity index (χ0n) is 10.1. The number of nitrogens with one attached hydrogen (secondary N) is 1. The molecule has 1 aromatic heterocycles. The molecule has 6 heteroatoms. The molecule has 5 nitrogen and oxygen atoms in total. The Morgan fingerprint density at radius 3 is 2.71 bits per heavy atom. The van der Waals surface area contributed by atoms with Gasteiger partial charge in [0, 0.05) is 12.6 Å². The molecule has 0 amide bonds. The molecule has 1 N–H and O–H groups in total. The smallest absolute Gasteiger partial charge is 0.276 e. The van der Waals surface area contributed by atoms with Gasteiger partial charge in [-0.1, -0.05) is 6.92 Å². The molecule has 1 fully saturated rings. The Hall–Kier alpha value is -0.850. The number of nitrogens with zero attached hydrogens (tertiary/aromatic N) is 1. The molecule has 17 heavy (non-hydrogen) atoms. The van der Waals surface area contributed by atoms with Crippen LogP contribution in [0.1, 0.15) is 25.5 Å². The largest absolute Gasteiger partial charge is 0.447 e. The van der Waals surface area contributed by atoms with Gasteiger partial charge in [-0.2, -0.15) is 4.31 Å². The third-order valence-corrected chi connectivity index (χ3v) is 4.72.